The molecule has 0 spiro atoms. The van der Waals surface area contributed by atoms with Crippen molar-refractivity contribution >= 4 is 28.2 Å². The van der Waals surface area contributed by atoms with Crippen molar-refractivity contribution in [1.29, 1.82) is 0 Å². The lowest BCUT2D eigenvalue weighted by molar-refractivity contribution is -0.119. The van der Waals surface area contributed by atoms with E-state index in [0.29, 0.717) is 16.3 Å². The second kappa shape index (κ2) is 8.72. The molecule has 0 saturated carbocycles. The number of esters is 1. The number of carbonyl (C=O) groups is 2. The van der Waals surface area contributed by atoms with Crippen molar-refractivity contribution in [2.75, 3.05) is 11.9 Å². The lowest BCUT2D eigenvalue weighted by Gasteiger charge is -2.15. The number of carbonyl (C=O) groups excluding carboxylic acids is 2. The minimum atomic E-state index is -3.09. The highest BCUT2D eigenvalue weighted by Crippen LogP contribution is 2.34. The molecule has 2 aromatic rings. The fourth-order valence-corrected chi connectivity index (χ4v) is 3.55. The highest BCUT2D eigenvalue weighted by Gasteiger charge is 2.29. The molecule has 1 atom stereocenters. The molecule has 0 aromatic carbocycles. The Hall–Kier alpha value is -2.43. The van der Waals surface area contributed by atoms with E-state index in [0.717, 1.165) is 16.2 Å². The van der Waals surface area contributed by atoms with Crippen LogP contribution in [-0.4, -0.2) is 28.3 Å². The second-order valence-corrected chi connectivity index (χ2v) is 7.14. The molecular formula is C17H19F4N3O3S. The van der Waals surface area contributed by atoms with Crippen molar-refractivity contribution in [2.45, 2.75) is 46.6 Å². The smallest absolute Gasteiger partial charge is 0.341 e. The molecule has 28 heavy (non-hydrogen) atoms. The number of aryl methyl sites for hydroxylation is 1. The molecule has 2 heterocycles. The van der Waals surface area contributed by atoms with Crippen LogP contribution in [0.25, 0.3) is 0 Å². The van der Waals surface area contributed by atoms with Gasteiger partial charge in [-0.1, -0.05) is 0 Å². The number of hydrogen-bond donors (Lipinski definition) is 1. The van der Waals surface area contributed by atoms with Crippen LogP contribution in [0.4, 0.5) is 22.6 Å². The predicted octanol–water partition coefficient (Wildman–Crippen LogP) is 4.81. The van der Waals surface area contributed by atoms with Gasteiger partial charge in [-0.3, -0.25) is 9.48 Å². The number of amides is 1. The van der Waals surface area contributed by atoms with E-state index in [1.807, 2.05) is 0 Å². The third-order valence-electron chi connectivity index (χ3n) is 4.08. The molecule has 2 aromatic heterocycles. The van der Waals surface area contributed by atoms with Gasteiger partial charge < -0.3 is 10.1 Å². The summed E-state index contributed by atoms with van der Waals surface area (Å²) < 4.78 is 57.5. The van der Waals surface area contributed by atoms with Crippen molar-refractivity contribution in [2.24, 2.45) is 0 Å². The summed E-state index contributed by atoms with van der Waals surface area (Å²) in [6, 6.07) is -0.739. The molecule has 2 rings (SSSR count). The number of nitrogens with zero attached hydrogens (tertiary/aromatic N) is 2. The van der Waals surface area contributed by atoms with E-state index in [1.54, 1.807) is 20.8 Å². The monoisotopic (exact) mass is 421 g/mol. The number of anilines is 1. The predicted molar refractivity (Wildman–Crippen MR) is 95.2 cm³/mol. The quantitative estimate of drug-likeness (QED) is 0.514. The normalized spacial score (nSPS) is 12.5. The summed E-state index contributed by atoms with van der Waals surface area (Å²) in [7, 11) is 0. The molecule has 0 aliphatic heterocycles. The fourth-order valence-electron chi connectivity index (χ4n) is 2.50. The summed E-state index contributed by atoms with van der Waals surface area (Å²) >= 11 is 1.13. The largest absolute Gasteiger partial charge is 0.462 e. The Morgan fingerprint density at radius 3 is 2.43 bits per heavy atom. The summed E-state index contributed by atoms with van der Waals surface area (Å²) in [5, 5.41) is 6.14. The van der Waals surface area contributed by atoms with Crippen molar-refractivity contribution < 1.29 is 31.9 Å². The van der Waals surface area contributed by atoms with E-state index in [1.165, 1.54) is 6.92 Å². The van der Waals surface area contributed by atoms with Gasteiger partial charge in [0.25, 0.3) is 12.9 Å². The van der Waals surface area contributed by atoms with Gasteiger partial charge in [0.05, 0.1) is 12.2 Å². The van der Waals surface area contributed by atoms with Crippen LogP contribution in [0, 0.1) is 13.8 Å². The van der Waals surface area contributed by atoms with E-state index >= 15 is 0 Å². The number of thiophene rings is 1. The Morgan fingerprint density at radius 1 is 1.25 bits per heavy atom. The zero-order valence-corrected chi connectivity index (χ0v) is 16.4. The minimum Gasteiger partial charge on any atom is -0.462 e. The van der Waals surface area contributed by atoms with E-state index in [2.05, 4.69) is 10.4 Å². The standard InChI is InChI=1S/C17H19F4N3O3S/c1-5-27-17(26)12-7(2)9(4)28-16(12)22-15(25)8(3)24-11(14(20)21)6-10(23-24)13(18)19/h6,8,13-14H,5H2,1-4H3,(H,22,25). The van der Waals surface area contributed by atoms with Crippen LogP contribution in [0.15, 0.2) is 6.07 Å². The Kier molecular flexibility index (Phi) is 6.81. The van der Waals surface area contributed by atoms with Crippen LogP contribution in [0.5, 0.6) is 0 Å². The topological polar surface area (TPSA) is 73.2 Å². The molecule has 11 heteroatoms. The van der Waals surface area contributed by atoms with Crippen LogP contribution >= 0.6 is 11.3 Å². The van der Waals surface area contributed by atoms with E-state index in [-0.39, 0.29) is 17.2 Å². The van der Waals surface area contributed by atoms with Crippen molar-refractivity contribution in [3.8, 4) is 0 Å². The summed E-state index contributed by atoms with van der Waals surface area (Å²) in [6.45, 7) is 6.46. The lowest BCUT2D eigenvalue weighted by Crippen LogP contribution is -2.26. The van der Waals surface area contributed by atoms with Gasteiger partial charge in [-0.2, -0.15) is 5.10 Å². The molecule has 0 aliphatic rings. The SMILES string of the molecule is CCOC(=O)c1c(NC(=O)C(C)n2nc(C(F)F)cc2C(F)F)sc(C)c1C. The molecule has 0 bridgehead atoms. The van der Waals surface area contributed by atoms with Crippen LogP contribution < -0.4 is 5.32 Å². The first-order valence-corrected chi connectivity index (χ1v) is 9.13. The second-order valence-electron chi connectivity index (χ2n) is 5.91. The minimum absolute atomic E-state index is 0.137. The Labute approximate surface area is 162 Å². The molecule has 1 N–H and O–H groups in total. The van der Waals surface area contributed by atoms with Gasteiger partial charge in [0.1, 0.15) is 22.4 Å². The molecule has 1 unspecified atom stereocenters. The fraction of sp³-hybridized carbons (Fsp3) is 0.471. The van der Waals surface area contributed by atoms with Gasteiger partial charge in [-0.05, 0) is 39.3 Å². The van der Waals surface area contributed by atoms with Crippen LogP contribution in [-0.2, 0) is 9.53 Å². The first kappa shape index (κ1) is 21.9. The van der Waals surface area contributed by atoms with E-state index < -0.39 is 42.2 Å². The third-order valence-corrected chi connectivity index (χ3v) is 5.20. The molecule has 1 amide bonds. The number of aromatic nitrogens is 2. The van der Waals surface area contributed by atoms with Crippen molar-refractivity contribution in [1.82, 2.24) is 9.78 Å². The Balaban J connectivity index is 2.34. The van der Waals surface area contributed by atoms with Gasteiger partial charge in [0, 0.05) is 4.88 Å². The number of alkyl halides is 4. The van der Waals surface area contributed by atoms with E-state index in [4.69, 9.17) is 4.74 Å². The summed E-state index contributed by atoms with van der Waals surface area (Å²) in [5.74, 6) is -1.41. The molecule has 0 aliphatic carbocycles. The molecule has 154 valence electrons. The van der Waals surface area contributed by atoms with Crippen LogP contribution in [0.1, 0.15) is 64.9 Å². The highest BCUT2D eigenvalue weighted by atomic mass is 32.1. The first-order valence-electron chi connectivity index (χ1n) is 8.32. The lowest BCUT2D eigenvalue weighted by atomic mass is 10.1. The maximum Gasteiger partial charge on any atom is 0.341 e. The number of halogens is 4. The highest BCUT2D eigenvalue weighted by molar-refractivity contribution is 7.16. The number of nitrogens with one attached hydrogen (secondary N) is 1. The first-order chi connectivity index (χ1) is 13.1. The van der Waals surface area contributed by atoms with E-state index in [9.17, 15) is 27.2 Å². The molecule has 0 radical (unpaired) electrons. The summed E-state index contributed by atoms with van der Waals surface area (Å²) in [6.07, 6.45) is -6.14. The number of ether oxygens (including phenoxy) is 1. The summed E-state index contributed by atoms with van der Waals surface area (Å²) in [5.41, 5.74) is -0.835. The zero-order valence-electron chi connectivity index (χ0n) is 15.6. The van der Waals surface area contributed by atoms with Gasteiger partial charge in [-0.25, -0.2) is 22.4 Å². The van der Waals surface area contributed by atoms with Crippen molar-refractivity contribution in [3.05, 3.63) is 33.5 Å². The summed E-state index contributed by atoms with van der Waals surface area (Å²) in [4.78, 5) is 25.5. The average Bonchev–Trinajstić information content (AvgIpc) is 3.17. The van der Waals surface area contributed by atoms with Gasteiger partial charge in [0.2, 0.25) is 5.91 Å². The van der Waals surface area contributed by atoms with Crippen LogP contribution in [0.3, 0.4) is 0 Å². The maximum atomic E-state index is 13.2. The third kappa shape index (κ3) is 4.34. The van der Waals surface area contributed by atoms with Gasteiger partial charge >= 0.3 is 5.97 Å². The van der Waals surface area contributed by atoms with Crippen LogP contribution in [0.2, 0.25) is 0 Å². The number of hydrogen-bond acceptors (Lipinski definition) is 5. The number of rotatable bonds is 7. The molecule has 0 fully saturated rings. The zero-order chi connectivity index (χ0) is 21.2. The Bertz CT molecular complexity index is 879. The van der Waals surface area contributed by atoms with Gasteiger partial charge in [0.15, 0.2) is 0 Å². The average molecular weight is 421 g/mol. The molecule has 0 saturated heterocycles. The maximum absolute atomic E-state index is 13.2. The molecule has 6 nitrogen and oxygen atoms in total. The van der Waals surface area contributed by atoms with Crippen molar-refractivity contribution in [3.63, 3.8) is 0 Å². The Morgan fingerprint density at radius 2 is 1.89 bits per heavy atom. The van der Waals surface area contributed by atoms with Gasteiger partial charge in [-0.15, -0.1) is 11.3 Å². The molecular weight excluding hydrogens is 402 g/mol.